The monoisotopic (exact) mass is 438 g/mol. The van der Waals surface area contributed by atoms with Crippen molar-refractivity contribution >= 4 is 5.97 Å². The molecule has 172 valence electrons. The Labute approximate surface area is 191 Å². The maximum absolute atomic E-state index is 11.6. The van der Waals surface area contributed by atoms with Gasteiger partial charge in [0.25, 0.3) is 0 Å². The van der Waals surface area contributed by atoms with Gasteiger partial charge in [-0.05, 0) is 66.5 Å². The Balaban J connectivity index is 1.76. The molecule has 0 amide bonds. The number of esters is 1. The first-order chi connectivity index (χ1) is 15.5. The average Bonchev–Trinajstić information content (AvgIpc) is 2.81. The quantitative estimate of drug-likeness (QED) is 0.301. The molecule has 32 heavy (non-hydrogen) atoms. The van der Waals surface area contributed by atoms with Crippen molar-refractivity contribution in [2.75, 3.05) is 26.4 Å². The van der Waals surface area contributed by atoms with Crippen LogP contribution in [0.15, 0.2) is 54.6 Å². The van der Waals surface area contributed by atoms with Gasteiger partial charge in [-0.2, -0.15) is 0 Å². The number of carbonyl (C=O) groups is 1. The van der Waals surface area contributed by atoms with Crippen LogP contribution in [0.4, 0.5) is 0 Å². The van der Waals surface area contributed by atoms with E-state index in [0.29, 0.717) is 18.1 Å². The van der Waals surface area contributed by atoms with E-state index >= 15 is 0 Å². The summed E-state index contributed by atoms with van der Waals surface area (Å²) in [7, 11) is 0. The fourth-order valence-electron chi connectivity index (χ4n) is 4.06. The lowest BCUT2D eigenvalue weighted by molar-refractivity contribution is -0.139. The van der Waals surface area contributed by atoms with Crippen molar-refractivity contribution in [2.24, 2.45) is 5.92 Å². The Kier molecular flexibility index (Phi) is 8.74. The molecule has 2 aromatic carbocycles. The summed E-state index contributed by atoms with van der Waals surface area (Å²) in [6.45, 7) is 8.32. The van der Waals surface area contributed by atoms with E-state index in [0.717, 1.165) is 28.5 Å². The zero-order chi connectivity index (χ0) is 22.9. The molecule has 5 heteroatoms. The van der Waals surface area contributed by atoms with Crippen LogP contribution >= 0.6 is 0 Å². The standard InChI is InChI=1S/C27H34O5/c1-19(2)27(29)32-17-16-31-26-18-23(21-8-11-24(12-9-21)30-15-14-28)10-13-25(26)22-6-4-20(3)5-7-22/h8-13,18,20,22,28H,1,4-7,14-17H2,2-3H3. The van der Waals surface area contributed by atoms with Crippen LogP contribution in [0.3, 0.4) is 0 Å². The van der Waals surface area contributed by atoms with E-state index in [4.69, 9.17) is 19.3 Å². The number of hydrogen-bond acceptors (Lipinski definition) is 5. The summed E-state index contributed by atoms with van der Waals surface area (Å²) in [5.41, 5.74) is 3.73. The van der Waals surface area contributed by atoms with E-state index in [1.807, 2.05) is 24.3 Å². The van der Waals surface area contributed by atoms with Crippen LogP contribution in [0.5, 0.6) is 11.5 Å². The predicted octanol–water partition coefficient (Wildman–Crippen LogP) is 5.52. The molecule has 0 bridgehead atoms. The smallest absolute Gasteiger partial charge is 0.333 e. The normalized spacial score (nSPS) is 18.1. The summed E-state index contributed by atoms with van der Waals surface area (Å²) in [6.07, 6.45) is 4.80. The van der Waals surface area contributed by atoms with Crippen molar-refractivity contribution in [3.05, 3.63) is 60.2 Å². The summed E-state index contributed by atoms with van der Waals surface area (Å²) in [4.78, 5) is 11.6. The van der Waals surface area contributed by atoms with Gasteiger partial charge in [0, 0.05) is 5.57 Å². The average molecular weight is 439 g/mol. The SMILES string of the molecule is C=C(C)C(=O)OCCOc1cc(-c2ccc(OCCO)cc2)ccc1C1CCC(C)CC1. The molecule has 3 rings (SSSR count). The molecular weight excluding hydrogens is 404 g/mol. The van der Waals surface area contributed by atoms with Crippen LogP contribution in [-0.2, 0) is 9.53 Å². The topological polar surface area (TPSA) is 65.0 Å². The van der Waals surface area contributed by atoms with Crippen molar-refractivity contribution < 1.29 is 24.1 Å². The highest BCUT2D eigenvalue weighted by Crippen LogP contribution is 2.41. The van der Waals surface area contributed by atoms with Crippen molar-refractivity contribution in [3.63, 3.8) is 0 Å². The first kappa shape index (κ1) is 23.9. The van der Waals surface area contributed by atoms with Gasteiger partial charge in [-0.3, -0.25) is 0 Å². The van der Waals surface area contributed by atoms with Crippen molar-refractivity contribution in [3.8, 4) is 22.6 Å². The largest absolute Gasteiger partial charge is 0.491 e. The maximum Gasteiger partial charge on any atom is 0.333 e. The second-order valence-corrected chi connectivity index (χ2v) is 8.57. The summed E-state index contributed by atoms with van der Waals surface area (Å²) in [5, 5.41) is 8.91. The number of carbonyl (C=O) groups excluding carboxylic acids is 1. The molecule has 0 spiro atoms. The fraction of sp³-hybridized carbons (Fsp3) is 0.444. The van der Waals surface area contributed by atoms with Gasteiger partial charge in [-0.25, -0.2) is 4.79 Å². The van der Waals surface area contributed by atoms with E-state index in [-0.39, 0.29) is 19.8 Å². The third-order valence-electron chi connectivity index (χ3n) is 5.94. The van der Waals surface area contributed by atoms with Crippen LogP contribution in [0.2, 0.25) is 0 Å². The van der Waals surface area contributed by atoms with Gasteiger partial charge in [-0.15, -0.1) is 0 Å². The zero-order valence-corrected chi connectivity index (χ0v) is 19.1. The maximum atomic E-state index is 11.6. The van der Waals surface area contributed by atoms with Crippen LogP contribution in [0, 0.1) is 5.92 Å². The van der Waals surface area contributed by atoms with E-state index in [9.17, 15) is 4.79 Å². The number of aliphatic hydroxyl groups excluding tert-OH is 1. The summed E-state index contributed by atoms with van der Waals surface area (Å²) < 4.78 is 16.8. The van der Waals surface area contributed by atoms with E-state index in [1.165, 1.54) is 31.2 Å². The molecule has 1 aliphatic carbocycles. The molecule has 1 N–H and O–H groups in total. The second-order valence-electron chi connectivity index (χ2n) is 8.57. The Morgan fingerprint density at radius 2 is 1.66 bits per heavy atom. The number of hydrogen-bond donors (Lipinski definition) is 1. The number of ether oxygens (including phenoxy) is 3. The Bertz CT molecular complexity index is 895. The van der Waals surface area contributed by atoms with Gasteiger partial charge in [0.2, 0.25) is 0 Å². The molecule has 1 aliphatic rings. The van der Waals surface area contributed by atoms with Gasteiger partial charge >= 0.3 is 5.97 Å². The van der Waals surface area contributed by atoms with E-state index in [1.54, 1.807) is 6.92 Å². The Morgan fingerprint density at radius 3 is 2.31 bits per heavy atom. The first-order valence-corrected chi connectivity index (χ1v) is 11.4. The molecule has 0 aliphatic heterocycles. The number of benzene rings is 2. The highest BCUT2D eigenvalue weighted by atomic mass is 16.6. The van der Waals surface area contributed by atoms with E-state index < -0.39 is 5.97 Å². The Morgan fingerprint density at radius 1 is 0.969 bits per heavy atom. The predicted molar refractivity (Wildman–Crippen MR) is 126 cm³/mol. The van der Waals surface area contributed by atoms with Crippen molar-refractivity contribution in [2.45, 2.75) is 45.4 Å². The molecule has 0 heterocycles. The van der Waals surface area contributed by atoms with E-state index in [2.05, 4.69) is 31.7 Å². The number of rotatable bonds is 10. The second kappa shape index (κ2) is 11.7. The molecule has 0 radical (unpaired) electrons. The minimum Gasteiger partial charge on any atom is -0.491 e. The van der Waals surface area contributed by atoms with Crippen molar-refractivity contribution in [1.82, 2.24) is 0 Å². The van der Waals surface area contributed by atoms with Crippen LogP contribution in [-0.4, -0.2) is 37.5 Å². The highest BCUT2D eigenvalue weighted by molar-refractivity contribution is 5.86. The molecular formula is C27H34O5. The van der Waals surface area contributed by atoms with Gasteiger partial charge in [0.05, 0.1) is 6.61 Å². The summed E-state index contributed by atoms with van der Waals surface area (Å²) >= 11 is 0. The molecule has 0 unspecified atom stereocenters. The third-order valence-corrected chi connectivity index (χ3v) is 5.94. The van der Waals surface area contributed by atoms with Gasteiger partial charge in [-0.1, -0.05) is 50.6 Å². The van der Waals surface area contributed by atoms with Gasteiger partial charge < -0.3 is 19.3 Å². The lowest BCUT2D eigenvalue weighted by Crippen LogP contribution is -2.15. The van der Waals surface area contributed by atoms with Crippen LogP contribution in [0.1, 0.15) is 51.0 Å². The summed E-state index contributed by atoms with van der Waals surface area (Å²) in [6, 6.07) is 14.2. The molecule has 1 saturated carbocycles. The lowest BCUT2D eigenvalue weighted by atomic mass is 9.79. The Hall–Kier alpha value is -2.79. The van der Waals surface area contributed by atoms with Gasteiger partial charge in [0.1, 0.15) is 31.3 Å². The number of aliphatic hydroxyl groups is 1. The molecule has 2 aromatic rings. The molecule has 5 nitrogen and oxygen atoms in total. The minimum atomic E-state index is -0.396. The van der Waals surface area contributed by atoms with Crippen molar-refractivity contribution in [1.29, 1.82) is 0 Å². The molecule has 1 fully saturated rings. The summed E-state index contributed by atoms with van der Waals surface area (Å²) in [5.74, 6) is 2.46. The zero-order valence-electron chi connectivity index (χ0n) is 19.1. The third kappa shape index (κ3) is 6.60. The molecule has 0 aromatic heterocycles. The van der Waals surface area contributed by atoms with Crippen LogP contribution in [0.25, 0.3) is 11.1 Å². The highest BCUT2D eigenvalue weighted by Gasteiger charge is 2.23. The van der Waals surface area contributed by atoms with Gasteiger partial charge in [0.15, 0.2) is 0 Å². The minimum absolute atomic E-state index is 0.00840. The molecule has 0 saturated heterocycles. The van der Waals surface area contributed by atoms with Crippen LogP contribution < -0.4 is 9.47 Å². The lowest BCUT2D eigenvalue weighted by Gasteiger charge is -2.28. The fourth-order valence-corrected chi connectivity index (χ4v) is 4.06. The first-order valence-electron chi connectivity index (χ1n) is 11.4. The molecule has 0 atom stereocenters.